The molecule has 0 aromatic heterocycles. The zero-order valence-electron chi connectivity index (χ0n) is 21.6. The second-order valence-electron chi connectivity index (χ2n) is 9.89. The van der Waals surface area contributed by atoms with Crippen molar-refractivity contribution in [3.8, 4) is 0 Å². The Morgan fingerprint density at radius 3 is 1.52 bits per heavy atom. The molecular formula is C32H49I. The number of hydrogen-bond donors (Lipinski definition) is 0. The average Bonchev–Trinajstić information content (AvgIpc) is 2.84. The lowest BCUT2D eigenvalue weighted by atomic mass is 9.94. The van der Waals surface area contributed by atoms with E-state index in [1.54, 1.807) is 16.7 Å². The molecule has 2 aromatic carbocycles. The molecule has 0 bridgehead atoms. The van der Waals surface area contributed by atoms with Crippen LogP contribution in [0.5, 0.6) is 0 Å². The van der Waals surface area contributed by atoms with E-state index in [0.29, 0.717) is 0 Å². The minimum absolute atomic E-state index is 1.16. The molecule has 2 rings (SSSR count). The Morgan fingerprint density at radius 1 is 0.455 bits per heavy atom. The Morgan fingerprint density at radius 2 is 0.939 bits per heavy atom. The van der Waals surface area contributed by atoms with E-state index in [2.05, 4.69) is 78.9 Å². The second-order valence-corrected chi connectivity index (χ2v) is 11.0. The van der Waals surface area contributed by atoms with Crippen LogP contribution in [0.3, 0.4) is 0 Å². The topological polar surface area (TPSA) is 0 Å². The van der Waals surface area contributed by atoms with Gasteiger partial charge in [-0.1, -0.05) is 143 Å². The largest absolute Gasteiger partial charge is 0.0860 e. The summed E-state index contributed by atoms with van der Waals surface area (Å²) in [6, 6.07) is 16.9. The van der Waals surface area contributed by atoms with Gasteiger partial charge in [-0.05, 0) is 72.8 Å². The van der Waals surface area contributed by atoms with E-state index >= 15 is 0 Å². The highest BCUT2D eigenvalue weighted by molar-refractivity contribution is 14.1. The van der Waals surface area contributed by atoms with Gasteiger partial charge in [-0.15, -0.1) is 0 Å². The van der Waals surface area contributed by atoms with Crippen molar-refractivity contribution >= 4 is 22.6 Å². The Bertz CT molecular complexity index is 731. The summed E-state index contributed by atoms with van der Waals surface area (Å²) in [6.45, 7) is 4.59. The monoisotopic (exact) mass is 560 g/mol. The lowest BCUT2D eigenvalue weighted by molar-refractivity contribution is 0.607. The van der Waals surface area contributed by atoms with Gasteiger partial charge in [0.2, 0.25) is 0 Å². The first-order chi connectivity index (χ1) is 16.3. The van der Waals surface area contributed by atoms with Gasteiger partial charge in [0.1, 0.15) is 0 Å². The molecule has 0 aliphatic rings. The third-order valence-electron chi connectivity index (χ3n) is 6.98. The summed E-state index contributed by atoms with van der Waals surface area (Å²) in [4.78, 5) is 0. The van der Waals surface area contributed by atoms with Crippen molar-refractivity contribution in [2.45, 2.75) is 123 Å². The minimum Gasteiger partial charge on any atom is -0.0860 e. The summed E-state index contributed by atoms with van der Waals surface area (Å²) < 4.78 is 1.20. The van der Waals surface area contributed by atoms with Gasteiger partial charge in [-0.25, -0.2) is 0 Å². The third kappa shape index (κ3) is 12.4. The summed E-state index contributed by atoms with van der Waals surface area (Å²) in [5.74, 6) is 0. The Hall–Kier alpha value is -0.830. The molecule has 0 nitrogen and oxygen atoms in total. The summed E-state index contributed by atoms with van der Waals surface area (Å²) in [5.41, 5.74) is 7.71. The van der Waals surface area contributed by atoms with Crippen molar-refractivity contribution in [1.29, 1.82) is 0 Å². The fourth-order valence-electron chi connectivity index (χ4n) is 4.78. The normalized spacial score (nSPS) is 11.2. The van der Waals surface area contributed by atoms with Crippen LogP contribution < -0.4 is 0 Å². The maximum absolute atomic E-state index is 2.53. The number of hydrogen-bond acceptors (Lipinski definition) is 0. The molecule has 2 aromatic rings. The number of aryl methyl sites for hydroxylation is 5. The molecule has 1 heteroatoms. The molecule has 0 spiro atoms. The maximum atomic E-state index is 2.53. The highest BCUT2D eigenvalue weighted by Crippen LogP contribution is 2.20. The van der Waals surface area contributed by atoms with Crippen LogP contribution in [0.1, 0.15) is 119 Å². The summed E-state index contributed by atoms with van der Waals surface area (Å²) in [7, 11) is 0. The van der Waals surface area contributed by atoms with Crippen LogP contribution in [-0.4, -0.2) is 4.43 Å². The fraction of sp³-hybridized carbons (Fsp3) is 0.625. The zero-order valence-corrected chi connectivity index (χ0v) is 23.8. The molecule has 0 N–H and O–H groups in total. The lowest BCUT2D eigenvalue weighted by Crippen LogP contribution is -2.00. The van der Waals surface area contributed by atoms with E-state index in [1.165, 1.54) is 118 Å². The number of benzene rings is 2. The maximum Gasteiger partial charge on any atom is 0.00359 e. The molecule has 184 valence electrons. The number of alkyl halides is 1. The van der Waals surface area contributed by atoms with Gasteiger partial charge in [0.25, 0.3) is 0 Å². The van der Waals surface area contributed by atoms with Gasteiger partial charge in [-0.3, -0.25) is 0 Å². The van der Waals surface area contributed by atoms with Gasteiger partial charge in [-0.2, -0.15) is 0 Å². The first-order valence-corrected chi connectivity index (χ1v) is 15.5. The smallest absolute Gasteiger partial charge is 0.00359 e. The SMILES string of the molecule is CCCCCCCCc1ccc(CCc2cc(CCCCCCCC)ccc2CCI)cc1. The number of rotatable bonds is 19. The minimum atomic E-state index is 1.16. The zero-order chi connectivity index (χ0) is 23.6. The molecule has 0 aliphatic carbocycles. The molecule has 0 unspecified atom stereocenters. The average molecular weight is 561 g/mol. The lowest BCUT2D eigenvalue weighted by Gasteiger charge is -2.12. The van der Waals surface area contributed by atoms with Gasteiger partial charge in [0, 0.05) is 4.43 Å². The molecule has 0 amide bonds. The van der Waals surface area contributed by atoms with Crippen molar-refractivity contribution in [3.63, 3.8) is 0 Å². The highest BCUT2D eigenvalue weighted by Gasteiger charge is 2.06. The standard InChI is InChI=1S/C32H49I/c1-3-5-7-9-11-13-15-28-17-19-29(20-18-28)21-24-32-27-30(22-23-31(32)25-26-33)16-14-12-10-8-6-4-2/h17-20,22-23,27H,3-16,21,24-26H2,1-2H3. The molecule has 0 atom stereocenters. The number of unbranched alkanes of at least 4 members (excludes halogenated alkanes) is 10. The molecule has 0 aliphatic heterocycles. The number of halogens is 1. The van der Waals surface area contributed by atoms with Crippen molar-refractivity contribution in [2.24, 2.45) is 0 Å². The van der Waals surface area contributed by atoms with Gasteiger partial charge in [0.15, 0.2) is 0 Å². The van der Waals surface area contributed by atoms with E-state index in [-0.39, 0.29) is 0 Å². The molecule has 33 heavy (non-hydrogen) atoms. The van der Waals surface area contributed by atoms with Gasteiger partial charge >= 0.3 is 0 Å². The Labute approximate surface area is 219 Å². The van der Waals surface area contributed by atoms with Crippen molar-refractivity contribution in [2.75, 3.05) is 4.43 Å². The van der Waals surface area contributed by atoms with E-state index in [9.17, 15) is 0 Å². The quantitative estimate of drug-likeness (QED) is 0.0911. The first-order valence-electron chi connectivity index (χ1n) is 14.0. The van der Waals surface area contributed by atoms with E-state index < -0.39 is 0 Å². The summed E-state index contributed by atoms with van der Waals surface area (Å²) in [6.07, 6.45) is 22.6. The van der Waals surface area contributed by atoms with Crippen molar-refractivity contribution < 1.29 is 0 Å². The molecule has 0 saturated carbocycles. The summed E-state index contributed by atoms with van der Waals surface area (Å²) >= 11 is 2.52. The van der Waals surface area contributed by atoms with Gasteiger partial charge < -0.3 is 0 Å². The second kappa shape index (κ2) is 18.5. The molecule has 0 saturated heterocycles. The van der Waals surface area contributed by atoms with Gasteiger partial charge in [0.05, 0.1) is 0 Å². The van der Waals surface area contributed by atoms with Crippen LogP contribution in [0.25, 0.3) is 0 Å². The highest BCUT2D eigenvalue weighted by atomic mass is 127. The van der Waals surface area contributed by atoms with Crippen LogP contribution in [0.2, 0.25) is 0 Å². The van der Waals surface area contributed by atoms with Crippen LogP contribution in [0, 0.1) is 0 Å². The van der Waals surface area contributed by atoms with E-state index in [0.717, 1.165) is 6.42 Å². The predicted molar refractivity (Wildman–Crippen MR) is 157 cm³/mol. The Kier molecular flexibility index (Phi) is 15.9. The van der Waals surface area contributed by atoms with Crippen molar-refractivity contribution in [3.05, 3.63) is 70.3 Å². The molecular weight excluding hydrogens is 511 g/mol. The van der Waals surface area contributed by atoms with Crippen LogP contribution in [-0.2, 0) is 32.1 Å². The first kappa shape index (κ1) is 28.4. The van der Waals surface area contributed by atoms with Crippen molar-refractivity contribution in [1.82, 2.24) is 0 Å². The summed E-state index contributed by atoms with van der Waals surface area (Å²) in [5, 5.41) is 0. The van der Waals surface area contributed by atoms with E-state index in [4.69, 9.17) is 0 Å². The van der Waals surface area contributed by atoms with Crippen LogP contribution in [0.15, 0.2) is 42.5 Å². The molecule has 0 heterocycles. The van der Waals surface area contributed by atoms with Crippen LogP contribution >= 0.6 is 22.6 Å². The molecule has 0 radical (unpaired) electrons. The predicted octanol–water partition coefficient (Wildman–Crippen LogP) is 10.3. The van der Waals surface area contributed by atoms with E-state index in [1.807, 2.05) is 0 Å². The Balaban J connectivity index is 1.81. The third-order valence-corrected chi connectivity index (χ3v) is 7.52. The fourth-order valence-corrected chi connectivity index (χ4v) is 5.36. The molecule has 0 fully saturated rings. The van der Waals surface area contributed by atoms with Crippen LogP contribution in [0.4, 0.5) is 0 Å².